The fraction of sp³-hybridized carbons (Fsp3) is 0.455. The number of hydrogen-bond donors (Lipinski definition) is 0. The Kier molecular flexibility index (Phi) is 4.73. The standard InChI is InChI=1S/C11H14Cl2O/c1-3-8(7-14-2)10-5-4-9(12)6-11(10)13/h4-6,8H,3,7H2,1-2H3/t8-/m0/s1. The molecule has 1 aromatic carbocycles. The van der Waals surface area contributed by atoms with Crippen molar-refractivity contribution in [2.24, 2.45) is 0 Å². The molecular formula is C11H14Cl2O. The summed E-state index contributed by atoms with van der Waals surface area (Å²) in [6.45, 7) is 2.81. The highest BCUT2D eigenvalue weighted by Gasteiger charge is 2.12. The number of benzene rings is 1. The van der Waals surface area contributed by atoms with Crippen LogP contribution in [0.15, 0.2) is 18.2 Å². The number of methoxy groups -OCH3 is 1. The predicted octanol–water partition coefficient (Wildman–Crippen LogP) is 4.13. The Balaban J connectivity index is 2.92. The van der Waals surface area contributed by atoms with Crippen molar-refractivity contribution in [2.45, 2.75) is 19.3 Å². The van der Waals surface area contributed by atoms with E-state index >= 15 is 0 Å². The zero-order valence-electron chi connectivity index (χ0n) is 8.39. The molecule has 1 nitrogen and oxygen atoms in total. The smallest absolute Gasteiger partial charge is 0.0531 e. The van der Waals surface area contributed by atoms with E-state index in [0.29, 0.717) is 17.5 Å². The Morgan fingerprint density at radius 3 is 2.57 bits per heavy atom. The minimum atomic E-state index is 0.352. The van der Waals surface area contributed by atoms with Gasteiger partial charge in [0.25, 0.3) is 0 Å². The van der Waals surface area contributed by atoms with Crippen LogP contribution in [-0.2, 0) is 4.74 Å². The monoisotopic (exact) mass is 232 g/mol. The minimum Gasteiger partial charge on any atom is -0.384 e. The van der Waals surface area contributed by atoms with Crippen molar-refractivity contribution in [1.29, 1.82) is 0 Å². The predicted molar refractivity (Wildman–Crippen MR) is 61.4 cm³/mol. The molecule has 0 fully saturated rings. The molecule has 3 heteroatoms. The molecule has 0 radical (unpaired) electrons. The van der Waals surface area contributed by atoms with E-state index in [1.165, 1.54) is 0 Å². The van der Waals surface area contributed by atoms with Gasteiger partial charge in [-0.1, -0.05) is 36.2 Å². The van der Waals surface area contributed by atoms with Crippen molar-refractivity contribution < 1.29 is 4.74 Å². The van der Waals surface area contributed by atoms with Gasteiger partial charge in [0.05, 0.1) is 6.61 Å². The number of rotatable bonds is 4. The molecule has 0 heterocycles. The molecule has 0 saturated heterocycles. The van der Waals surface area contributed by atoms with Gasteiger partial charge in [0.15, 0.2) is 0 Å². The maximum absolute atomic E-state index is 6.10. The van der Waals surface area contributed by atoms with Gasteiger partial charge < -0.3 is 4.74 Å². The van der Waals surface area contributed by atoms with Crippen LogP contribution in [0.5, 0.6) is 0 Å². The molecule has 0 bridgehead atoms. The second-order valence-corrected chi connectivity index (χ2v) is 4.07. The van der Waals surface area contributed by atoms with Crippen molar-refractivity contribution in [3.05, 3.63) is 33.8 Å². The van der Waals surface area contributed by atoms with Crippen LogP contribution in [0.3, 0.4) is 0 Å². The molecule has 78 valence electrons. The summed E-state index contributed by atoms with van der Waals surface area (Å²) in [5, 5.41) is 1.40. The summed E-state index contributed by atoms with van der Waals surface area (Å²) < 4.78 is 5.14. The normalized spacial score (nSPS) is 12.9. The Bertz CT molecular complexity index is 299. The Morgan fingerprint density at radius 2 is 2.07 bits per heavy atom. The molecule has 0 aliphatic rings. The van der Waals surface area contributed by atoms with Gasteiger partial charge >= 0.3 is 0 Å². The second-order valence-electron chi connectivity index (χ2n) is 3.23. The first-order valence-corrected chi connectivity index (χ1v) is 5.38. The van der Waals surface area contributed by atoms with Gasteiger partial charge in [0, 0.05) is 23.1 Å². The third-order valence-electron chi connectivity index (χ3n) is 2.26. The van der Waals surface area contributed by atoms with E-state index in [0.717, 1.165) is 17.0 Å². The maximum atomic E-state index is 6.10. The molecular weight excluding hydrogens is 219 g/mol. The fourth-order valence-electron chi connectivity index (χ4n) is 1.46. The van der Waals surface area contributed by atoms with Gasteiger partial charge in [0.1, 0.15) is 0 Å². The van der Waals surface area contributed by atoms with E-state index in [1.807, 2.05) is 12.1 Å². The second kappa shape index (κ2) is 5.59. The first-order chi connectivity index (χ1) is 6.69. The van der Waals surface area contributed by atoms with E-state index in [9.17, 15) is 0 Å². The molecule has 0 aliphatic heterocycles. The summed E-state index contributed by atoms with van der Waals surface area (Å²) in [5.41, 5.74) is 1.11. The van der Waals surface area contributed by atoms with Gasteiger partial charge in [-0.05, 0) is 24.1 Å². The van der Waals surface area contributed by atoms with Crippen LogP contribution >= 0.6 is 23.2 Å². The van der Waals surface area contributed by atoms with Crippen LogP contribution in [0.1, 0.15) is 24.8 Å². The average molecular weight is 233 g/mol. The summed E-state index contributed by atoms with van der Waals surface area (Å²) in [7, 11) is 1.70. The molecule has 14 heavy (non-hydrogen) atoms. The summed E-state index contributed by atoms with van der Waals surface area (Å²) in [6.07, 6.45) is 1.01. The van der Waals surface area contributed by atoms with Gasteiger partial charge in [-0.25, -0.2) is 0 Å². The maximum Gasteiger partial charge on any atom is 0.0531 e. The van der Waals surface area contributed by atoms with Gasteiger partial charge in [-0.3, -0.25) is 0 Å². The van der Waals surface area contributed by atoms with Crippen molar-refractivity contribution in [3.8, 4) is 0 Å². The third-order valence-corrected chi connectivity index (χ3v) is 2.83. The summed E-state index contributed by atoms with van der Waals surface area (Å²) in [4.78, 5) is 0. The summed E-state index contributed by atoms with van der Waals surface area (Å²) in [5.74, 6) is 0.352. The molecule has 0 unspecified atom stereocenters. The van der Waals surface area contributed by atoms with Gasteiger partial charge in [-0.2, -0.15) is 0 Å². The Morgan fingerprint density at radius 1 is 1.36 bits per heavy atom. The first kappa shape index (κ1) is 11.8. The zero-order valence-corrected chi connectivity index (χ0v) is 9.90. The lowest BCUT2D eigenvalue weighted by atomic mass is 9.97. The third kappa shape index (κ3) is 2.88. The molecule has 1 rings (SSSR count). The quantitative estimate of drug-likeness (QED) is 0.759. The van der Waals surface area contributed by atoms with Crippen molar-refractivity contribution in [1.82, 2.24) is 0 Å². The lowest BCUT2D eigenvalue weighted by molar-refractivity contribution is 0.177. The van der Waals surface area contributed by atoms with E-state index in [-0.39, 0.29) is 0 Å². The molecule has 1 atom stereocenters. The van der Waals surface area contributed by atoms with Gasteiger partial charge in [-0.15, -0.1) is 0 Å². The summed E-state index contributed by atoms with van der Waals surface area (Å²) in [6, 6.07) is 5.61. The molecule has 1 aromatic rings. The van der Waals surface area contributed by atoms with E-state index in [4.69, 9.17) is 27.9 Å². The van der Waals surface area contributed by atoms with Crippen LogP contribution in [0.4, 0.5) is 0 Å². The SMILES string of the molecule is CC[C@@H](COC)c1ccc(Cl)cc1Cl. The largest absolute Gasteiger partial charge is 0.384 e. The van der Waals surface area contributed by atoms with Crippen molar-refractivity contribution in [2.75, 3.05) is 13.7 Å². The molecule has 0 aromatic heterocycles. The van der Waals surface area contributed by atoms with Crippen molar-refractivity contribution in [3.63, 3.8) is 0 Å². The zero-order chi connectivity index (χ0) is 10.6. The molecule has 0 aliphatic carbocycles. The van der Waals surface area contributed by atoms with Crippen LogP contribution < -0.4 is 0 Å². The lowest BCUT2D eigenvalue weighted by Crippen LogP contribution is -2.05. The molecule has 0 N–H and O–H groups in total. The van der Waals surface area contributed by atoms with Gasteiger partial charge in [0.2, 0.25) is 0 Å². The van der Waals surface area contributed by atoms with Crippen LogP contribution in [-0.4, -0.2) is 13.7 Å². The van der Waals surface area contributed by atoms with E-state index in [2.05, 4.69) is 6.92 Å². The molecule has 0 saturated carbocycles. The highest BCUT2D eigenvalue weighted by molar-refractivity contribution is 6.35. The topological polar surface area (TPSA) is 9.23 Å². The van der Waals surface area contributed by atoms with Crippen LogP contribution in [0.25, 0.3) is 0 Å². The highest BCUT2D eigenvalue weighted by Crippen LogP contribution is 2.29. The minimum absolute atomic E-state index is 0.352. The van der Waals surface area contributed by atoms with Crippen LogP contribution in [0, 0.1) is 0 Å². The Labute approximate surface area is 95.0 Å². The summed E-state index contributed by atoms with van der Waals surface area (Å²) >= 11 is 11.9. The number of ether oxygens (including phenoxy) is 1. The lowest BCUT2D eigenvalue weighted by Gasteiger charge is -2.15. The fourth-order valence-corrected chi connectivity index (χ4v) is 2.02. The van der Waals surface area contributed by atoms with Crippen molar-refractivity contribution >= 4 is 23.2 Å². The number of hydrogen-bond acceptors (Lipinski definition) is 1. The first-order valence-electron chi connectivity index (χ1n) is 4.63. The van der Waals surface area contributed by atoms with Crippen LogP contribution in [0.2, 0.25) is 10.0 Å². The molecule has 0 spiro atoms. The van der Waals surface area contributed by atoms with E-state index < -0.39 is 0 Å². The molecule has 0 amide bonds. The van der Waals surface area contributed by atoms with E-state index in [1.54, 1.807) is 13.2 Å². The Hall–Kier alpha value is -0.240. The number of halogens is 2. The highest BCUT2D eigenvalue weighted by atomic mass is 35.5. The average Bonchev–Trinajstić information content (AvgIpc) is 2.15.